The summed E-state index contributed by atoms with van der Waals surface area (Å²) in [7, 11) is 0. The minimum Gasteiger partial charge on any atom is -0.475 e. The Hall–Kier alpha value is -1.39. The molecule has 0 bridgehead atoms. The summed E-state index contributed by atoms with van der Waals surface area (Å²) in [4.78, 5) is 4.75. The number of benzene rings is 1. The van der Waals surface area contributed by atoms with E-state index in [-0.39, 0.29) is 23.9 Å². The SMILES string of the molecule is CCCC[C@H]1CO[C@H](c2ccc(C3=N[C@H](C(C)(C)C)CO3)cc2)O[C@@H]1C. The average Bonchev–Trinajstić information content (AvgIpc) is 3.11. The van der Waals surface area contributed by atoms with Crippen LogP contribution in [0.15, 0.2) is 29.3 Å². The first-order valence-corrected chi connectivity index (χ1v) is 9.96. The van der Waals surface area contributed by atoms with Crippen LogP contribution in [0.25, 0.3) is 0 Å². The maximum Gasteiger partial charge on any atom is 0.216 e. The van der Waals surface area contributed by atoms with Crippen molar-refractivity contribution in [1.82, 2.24) is 0 Å². The van der Waals surface area contributed by atoms with Crippen LogP contribution in [0, 0.1) is 11.3 Å². The minimum atomic E-state index is -0.273. The van der Waals surface area contributed by atoms with Crippen molar-refractivity contribution in [1.29, 1.82) is 0 Å². The van der Waals surface area contributed by atoms with Crippen LogP contribution >= 0.6 is 0 Å². The fourth-order valence-corrected chi connectivity index (χ4v) is 3.41. The number of aliphatic imine (C=N–C) groups is 1. The van der Waals surface area contributed by atoms with E-state index in [0.29, 0.717) is 12.5 Å². The second kappa shape index (κ2) is 8.10. The lowest BCUT2D eigenvalue weighted by Crippen LogP contribution is -2.34. The minimum absolute atomic E-state index is 0.121. The molecule has 1 fully saturated rings. The van der Waals surface area contributed by atoms with Crippen LogP contribution in [0.2, 0.25) is 0 Å². The summed E-state index contributed by atoms with van der Waals surface area (Å²) in [6, 6.07) is 8.45. The van der Waals surface area contributed by atoms with E-state index in [0.717, 1.165) is 23.6 Å². The first kappa shape index (κ1) is 19.4. The molecule has 0 radical (unpaired) electrons. The van der Waals surface area contributed by atoms with E-state index in [2.05, 4.69) is 58.9 Å². The van der Waals surface area contributed by atoms with E-state index in [1.165, 1.54) is 19.3 Å². The first-order valence-electron chi connectivity index (χ1n) is 9.96. The highest BCUT2D eigenvalue weighted by atomic mass is 16.7. The molecule has 0 aliphatic carbocycles. The number of hydrogen-bond acceptors (Lipinski definition) is 4. The standard InChI is InChI=1S/C22H33NO3/c1-6-7-8-18-13-25-21(26-15(18)2)17-11-9-16(10-12-17)20-23-19(14-24-20)22(3,4)5/h9-12,15,18-19,21H,6-8,13-14H2,1-5H3/t15-,18+,19+,21+/m1/s1. The normalized spacial score (nSPS) is 29.3. The average molecular weight is 360 g/mol. The zero-order chi connectivity index (χ0) is 18.7. The molecule has 1 aromatic carbocycles. The van der Waals surface area contributed by atoms with Gasteiger partial charge in [-0.2, -0.15) is 0 Å². The van der Waals surface area contributed by atoms with Gasteiger partial charge in [-0.1, -0.05) is 52.7 Å². The van der Waals surface area contributed by atoms with E-state index >= 15 is 0 Å². The van der Waals surface area contributed by atoms with Crippen molar-refractivity contribution in [2.75, 3.05) is 13.2 Å². The maximum absolute atomic E-state index is 6.13. The smallest absolute Gasteiger partial charge is 0.216 e. The molecule has 2 aliphatic rings. The van der Waals surface area contributed by atoms with Gasteiger partial charge in [-0.15, -0.1) is 0 Å². The fourth-order valence-electron chi connectivity index (χ4n) is 3.41. The van der Waals surface area contributed by atoms with Crippen molar-refractivity contribution < 1.29 is 14.2 Å². The summed E-state index contributed by atoms with van der Waals surface area (Å²) >= 11 is 0. The second-order valence-electron chi connectivity index (χ2n) is 8.66. The molecule has 4 nitrogen and oxygen atoms in total. The van der Waals surface area contributed by atoms with Crippen LogP contribution in [0.5, 0.6) is 0 Å². The van der Waals surface area contributed by atoms with Gasteiger partial charge in [0, 0.05) is 17.0 Å². The van der Waals surface area contributed by atoms with Gasteiger partial charge in [-0.05, 0) is 30.9 Å². The van der Waals surface area contributed by atoms with Gasteiger partial charge >= 0.3 is 0 Å². The lowest BCUT2D eigenvalue weighted by molar-refractivity contribution is -0.237. The number of hydrogen-bond donors (Lipinski definition) is 0. The van der Waals surface area contributed by atoms with Crippen molar-refractivity contribution in [3.8, 4) is 0 Å². The van der Waals surface area contributed by atoms with Crippen molar-refractivity contribution in [3.05, 3.63) is 35.4 Å². The monoisotopic (exact) mass is 359 g/mol. The fraction of sp³-hybridized carbons (Fsp3) is 0.682. The van der Waals surface area contributed by atoms with Crippen LogP contribution < -0.4 is 0 Å². The Morgan fingerprint density at radius 2 is 1.85 bits per heavy atom. The van der Waals surface area contributed by atoms with Crippen LogP contribution in [0.4, 0.5) is 0 Å². The first-order chi connectivity index (χ1) is 12.4. The number of unbranched alkanes of at least 4 members (excludes halogenated alkanes) is 1. The maximum atomic E-state index is 6.13. The highest BCUT2D eigenvalue weighted by Gasteiger charge is 2.31. The lowest BCUT2D eigenvalue weighted by Gasteiger charge is -2.35. The van der Waals surface area contributed by atoms with Crippen molar-refractivity contribution in [2.24, 2.45) is 16.3 Å². The molecule has 2 heterocycles. The molecule has 1 aromatic rings. The molecular weight excluding hydrogens is 326 g/mol. The third-order valence-electron chi connectivity index (χ3n) is 5.47. The third-order valence-corrected chi connectivity index (χ3v) is 5.47. The summed E-state index contributed by atoms with van der Waals surface area (Å²) < 4.78 is 17.9. The second-order valence-corrected chi connectivity index (χ2v) is 8.66. The molecule has 1 saturated heterocycles. The Morgan fingerprint density at radius 3 is 2.42 bits per heavy atom. The summed E-state index contributed by atoms with van der Waals surface area (Å²) in [6.07, 6.45) is 3.59. The van der Waals surface area contributed by atoms with Crippen molar-refractivity contribution >= 4 is 5.90 Å². The number of nitrogens with zero attached hydrogens (tertiary/aromatic N) is 1. The Labute approximate surface area is 157 Å². The molecule has 0 spiro atoms. The lowest BCUT2D eigenvalue weighted by atomic mass is 9.88. The molecule has 0 unspecified atom stereocenters. The van der Waals surface area contributed by atoms with E-state index in [1.807, 2.05) is 0 Å². The Kier molecular flexibility index (Phi) is 6.03. The Balaban J connectivity index is 1.62. The van der Waals surface area contributed by atoms with E-state index in [4.69, 9.17) is 19.2 Å². The summed E-state index contributed by atoms with van der Waals surface area (Å²) in [5.41, 5.74) is 2.20. The third kappa shape index (κ3) is 4.47. The van der Waals surface area contributed by atoms with Gasteiger partial charge in [0.1, 0.15) is 6.61 Å². The molecular formula is C22H33NO3. The molecule has 3 rings (SSSR count). The summed E-state index contributed by atoms with van der Waals surface area (Å²) in [5, 5.41) is 0. The molecule has 26 heavy (non-hydrogen) atoms. The van der Waals surface area contributed by atoms with Crippen molar-refractivity contribution in [3.63, 3.8) is 0 Å². The van der Waals surface area contributed by atoms with Gasteiger partial charge in [0.15, 0.2) is 6.29 Å². The highest BCUT2D eigenvalue weighted by Crippen LogP contribution is 2.32. The van der Waals surface area contributed by atoms with Crippen LogP contribution in [-0.2, 0) is 14.2 Å². The zero-order valence-corrected chi connectivity index (χ0v) is 16.8. The molecule has 4 heteroatoms. The van der Waals surface area contributed by atoms with Gasteiger partial charge in [0.05, 0.1) is 18.8 Å². The van der Waals surface area contributed by atoms with E-state index < -0.39 is 0 Å². The molecule has 4 atom stereocenters. The molecule has 0 amide bonds. The highest BCUT2D eigenvalue weighted by molar-refractivity contribution is 5.95. The Bertz CT molecular complexity index is 617. The zero-order valence-electron chi connectivity index (χ0n) is 16.8. The van der Waals surface area contributed by atoms with Crippen LogP contribution in [-0.4, -0.2) is 31.3 Å². The van der Waals surface area contributed by atoms with Crippen LogP contribution in [0.1, 0.15) is 71.3 Å². The number of rotatable bonds is 5. The van der Waals surface area contributed by atoms with Gasteiger partial charge in [0.2, 0.25) is 5.90 Å². The van der Waals surface area contributed by atoms with Gasteiger partial charge < -0.3 is 14.2 Å². The molecule has 144 valence electrons. The van der Waals surface area contributed by atoms with Crippen LogP contribution in [0.3, 0.4) is 0 Å². The van der Waals surface area contributed by atoms with Gasteiger partial charge in [-0.3, -0.25) is 0 Å². The largest absolute Gasteiger partial charge is 0.475 e. The molecule has 0 N–H and O–H groups in total. The quantitative estimate of drug-likeness (QED) is 0.733. The number of ether oxygens (including phenoxy) is 3. The van der Waals surface area contributed by atoms with Crippen molar-refractivity contribution in [2.45, 2.75) is 72.3 Å². The van der Waals surface area contributed by atoms with E-state index in [1.54, 1.807) is 0 Å². The molecule has 2 aliphatic heterocycles. The molecule has 0 aromatic heterocycles. The summed E-state index contributed by atoms with van der Waals surface area (Å²) in [6.45, 7) is 12.4. The Morgan fingerprint density at radius 1 is 1.12 bits per heavy atom. The predicted octanol–water partition coefficient (Wildman–Crippen LogP) is 5.12. The molecule has 0 saturated carbocycles. The topological polar surface area (TPSA) is 40.0 Å². The predicted molar refractivity (Wildman–Crippen MR) is 104 cm³/mol. The summed E-state index contributed by atoms with van der Waals surface area (Å²) in [5.74, 6) is 1.25. The van der Waals surface area contributed by atoms with Gasteiger partial charge in [0.25, 0.3) is 0 Å². The van der Waals surface area contributed by atoms with E-state index in [9.17, 15) is 0 Å². The van der Waals surface area contributed by atoms with Gasteiger partial charge in [-0.25, -0.2) is 4.99 Å².